The molecule has 0 unspecified atom stereocenters. The van der Waals surface area contributed by atoms with Gasteiger partial charge in [0.25, 0.3) is 0 Å². The van der Waals surface area contributed by atoms with Gasteiger partial charge < -0.3 is 14.7 Å². The largest absolute Gasteiger partial charge is 0.492 e. The minimum Gasteiger partial charge on any atom is -0.492 e. The van der Waals surface area contributed by atoms with E-state index in [4.69, 9.17) is 9.84 Å². The van der Waals surface area contributed by atoms with Gasteiger partial charge in [-0.15, -0.1) is 0 Å². The van der Waals surface area contributed by atoms with Gasteiger partial charge in [0.1, 0.15) is 12.4 Å². The maximum absolute atomic E-state index is 11.4. The van der Waals surface area contributed by atoms with Gasteiger partial charge in [-0.05, 0) is 24.1 Å². The average molecular weight is 235 g/mol. The molecule has 1 saturated heterocycles. The molecule has 4 nitrogen and oxygen atoms in total. The molecular weight excluding hydrogens is 218 g/mol. The molecule has 0 radical (unpaired) electrons. The summed E-state index contributed by atoms with van der Waals surface area (Å²) >= 11 is 0. The predicted molar refractivity (Wildman–Crippen MR) is 63.7 cm³/mol. The number of hydrogen-bond donors (Lipinski definition) is 1. The van der Waals surface area contributed by atoms with Gasteiger partial charge in [-0.3, -0.25) is 4.79 Å². The van der Waals surface area contributed by atoms with Crippen LogP contribution in [0.3, 0.4) is 0 Å². The topological polar surface area (TPSA) is 49.8 Å². The van der Waals surface area contributed by atoms with Gasteiger partial charge in [0.15, 0.2) is 0 Å². The summed E-state index contributed by atoms with van der Waals surface area (Å²) < 4.78 is 5.55. The highest BCUT2D eigenvalue weighted by Gasteiger charge is 2.19. The van der Waals surface area contributed by atoms with Crippen LogP contribution in [-0.4, -0.2) is 35.6 Å². The summed E-state index contributed by atoms with van der Waals surface area (Å²) in [5.74, 6) is 0.959. The molecule has 1 amide bonds. The first kappa shape index (κ1) is 11.9. The molecule has 0 aromatic heterocycles. The predicted octanol–water partition coefficient (Wildman–Crippen LogP) is 1.18. The van der Waals surface area contributed by atoms with Crippen molar-refractivity contribution < 1.29 is 14.6 Å². The first-order valence-electron chi connectivity index (χ1n) is 5.90. The number of amides is 1. The standard InChI is InChI=1S/C13H17NO3/c15-10-11-3-1-4-12(9-11)17-8-7-14-6-2-5-13(14)16/h1,3-4,9,15H,2,5-8,10H2. The lowest BCUT2D eigenvalue weighted by Gasteiger charge is -2.15. The van der Waals surface area contributed by atoms with Crippen molar-refractivity contribution in [2.24, 2.45) is 0 Å². The smallest absolute Gasteiger partial charge is 0.222 e. The van der Waals surface area contributed by atoms with Gasteiger partial charge in [0.05, 0.1) is 13.2 Å². The van der Waals surface area contributed by atoms with Crippen molar-refractivity contribution in [2.45, 2.75) is 19.4 Å². The second kappa shape index (κ2) is 5.68. The SMILES string of the molecule is O=C1CCCN1CCOc1cccc(CO)c1. The van der Waals surface area contributed by atoms with E-state index in [9.17, 15) is 4.79 Å². The van der Waals surface area contributed by atoms with E-state index in [1.165, 1.54) is 0 Å². The molecule has 1 heterocycles. The lowest BCUT2D eigenvalue weighted by Crippen LogP contribution is -2.29. The molecule has 0 spiro atoms. The Bertz CT molecular complexity index is 392. The Hall–Kier alpha value is -1.55. The maximum atomic E-state index is 11.4. The van der Waals surface area contributed by atoms with Gasteiger partial charge in [-0.2, -0.15) is 0 Å². The highest BCUT2D eigenvalue weighted by Crippen LogP contribution is 2.14. The number of aliphatic hydroxyl groups excluding tert-OH is 1. The molecule has 0 bridgehead atoms. The zero-order chi connectivity index (χ0) is 12.1. The van der Waals surface area contributed by atoms with E-state index in [0.29, 0.717) is 19.6 Å². The van der Waals surface area contributed by atoms with E-state index in [1.54, 1.807) is 0 Å². The summed E-state index contributed by atoms with van der Waals surface area (Å²) in [7, 11) is 0. The Kier molecular flexibility index (Phi) is 3.98. The number of hydrogen-bond acceptors (Lipinski definition) is 3. The fraction of sp³-hybridized carbons (Fsp3) is 0.462. The van der Waals surface area contributed by atoms with Gasteiger partial charge in [-0.25, -0.2) is 0 Å². The lowest BCUT2D eigenvalue weighted by atomic mass is 10.2. The van der Waals surface area contributed by atoms with Crippen LogP contribution in [-0.2, 0) is 11.4 Å². The monoisotopic (exact) mass is 235 g/mol. The number of carbonyl (C=O) groups is 1. The van der Waals surface area contributed by atoms with E-state index in [2.05, 4.69) is 0 Å². The lowest BCUT2D eigenvalue weighted by molar-refractivity contribution is -0.128. The number of carbonyl (C=O) groups excluding carboxylic acids is 1. The van der Waals surface area contributed by atoms with Crippen LogP contribution in [0.4, 0.5) is 0 Å². The van der Waals surface area contributed by atoms with Crippen molar-refractivity contribution in [3.05, 3.63) is 29.8 Å². The Morgan fingerprint density at radius 1 is 1.41 bits per heavy atom. The van der Waals surface area contributed by atoms with Gasteiger partial charge >= 0.3 is 0 Å². The zero-order valence-electron chi connectivity index (χ0n) is 9.76. The van der Waals surface area contributed by atoms with Crippen LogP contribution in [0.25, 0.3) is 0 Å². The first-order chi connectivity index (χ1) is 8.29. The molecule has 0 aliphatic carbocycles. The van der Waals surface area contributed by atoms with Crippen molar-refractivity contribution in [1.82, 2.24) is 4.90 Å². The van der Waals surface area contributed by atoms with E-state index in [-0.39, 0.29) is 12.5 Å². The van der Waals surface area contributed by atoms with Crippen molar-refractivity contribution in [2.75, 3.05) is 19.7 Å². The normalized spacial score (nSPS) is 15.4. The summed E-state index contributed by atoms with van der Waals surface area (Å²) in [6, 6.07) is 7.36. The third-order valence-corrected chi connectivity index (χ3v) is 2.88. The third kappa shape index (κ3) is 3.20. The minimum absolute atomic E-state index is 0.0157. The first-order valence-corrected chi connectivity index (χ1v) is 5.90. The molecule has 1 aliphatic heterocycles. The second-order valence-electron chi connectivity index (χ2n) is 4.14. The maximum Gasteiger partial charge on any atom is 0.222 e. The molecule has 1 fully saturated rings. The number of nitrogens with zero attached hydrogens (tertiary/aromatic N) is 1. The van der Waals surface area contributed by atoms with Crippen LogP contribution < -0.4 is 4.74 Å². The number of rotatable bonds is 5. The van der Waals surface area contributed by atoms with Gasteiger partial charge in [-0.1, -0.05) is 12.1 Å². The Labute approximate surface area is 101 Å². The Morgan fingerprint density at radius 3 is 3.00 bits per heavy atom. The van der Waals surface area contributed by atoms with Crippen LogP contribution in [0.2, 0.25) is 0 Å². The van der Waals surface area contributed by atoms with E-state index in [1.807, 2.05) is 29.2 Å². The van der Waals surface area contributed by atoms with E-state index in [0.717, 1.165) is 24.3 Å². The van der Waals surface area contributed by atoms with Crippen molar-refractivity contribution in [3.63, 3.8) is 0 Å². The van der Waals surface area contributed by atoms with Crippen molar-refractivity contribution >= 4 is 5.91 Å². The Morgan fingerprint density at radius 2 is 2.29 bits per heavy atom. The van der Waals surface area contributed by atoms with Crippen LogP contribution in [0, 0.1) is 0 Å². The molecule has 1 aromatic rings. The number of likely N-dealkylation sites (tertiary alicyclic amines) is 1. The summed E-state index contributed by atoms with van der Waals surface area (Å²) in [5.41, 5.74) is 0.833. The number of aliphatic hydroxyl groups is 1. The van der Waals surface area contributed by atoms with Crippen molar-refractivity contribution in [3.8, 4) is 5.75 Å². The second-order valence-corrected chi connectivity index (χ2v) is 4.14. The highest BCUT2D eigenvalue weighted by molar-refractivity contribution is 5.78. The van der Waals surface area contributed by atoms with Crippen LogP contribution in [0.15, 0.2) is 24.3 Å². The fourth-order valence-corrected chi connectivity index (χ4v) is 1.95. The molecule has 0 saturated carbocycles. The highest BCUT2D eigenvalue weighted by atomic mass is 16.5. The molecular formula is C13H17NO3. The summed E-state index contributed by atoms with van der Waals surface area (Å²) in [5, 5.41) is 8.99. The quantitative estimate of drug-likeness (QED) is 0.833. The summed E-state index contributed by atoms with van der Waals surface area (Å²) in [4.78, 5) is 13.2. The van der Waals surface area contributed by atoms with Crippen LogP contribution in [0.1, 0.15) is 18.4 Å². The molecule has 17 heavy (non-hydrogen) atoms. The van der Waals surface area contributed by atoms with E-state index < -0.39 is 0 Å². The van der Waals surface area contributed by atoms with Crippen molar-refractivity contribution in [1.29, 1.82) is 0 Å². The van der Waals surface area contributed by atoms with Crippen LogP contribution in [0.5, 0.6) is 5.75 Å². The van der Waals surface area contributed by atoms with Crippen LogP contribution >= 0.6 is 0 Å². The third-order valence-electron chi connectivity index (χ3n) is 2.88. The van der Waals surface area contributed by atoms with Gasteiger partial charge in [0.2, 0.25) is 5.91 Å². The summed E-state index contributed by atoms with van der Waals surface area (Å²) in [6.07, 6.45) is 1.62. The van der Waals surface area contributed by atoms with Gasteiger partial charge in [0, 0.05) is 13.0 Å². The molecule has 1 aromatic carbocycles. The minimum atomic E-state index is 0.0157. The molecule has 2 rings (SSSR count). The molecule has 1 aliphatic rings. The number of ether oxygens (including phenoxy) is 1. The molecule has 4 heteroatoms. The number of benzene rings is 1. The molecule has 92 valence electrons. The van der Waals surface area contributed by atoms with E-state index >= 15 is 0 Å². The molecule has 0 atom stereocenters. The summed E-state index contributed by atoms with van der Waals surface area (Å²) in [6.45, 7) is 2.00. The average Bonchev–Trinajstić information content (AvgIpc) is 2.76. The molecule has 1 N–H and O–H groups in total. The fourth-order valence-electron chi connectivity index (χ4n) is 1.95. The zero-order valence-corrected chi connectivity index (χ0v) is 9.76. The Balaban J connectivity index is 1.79.